The van der Waals surface area contributed by atoms with E-state index < -0.39 is 16.9 Å². The summed E-state index contributed by atoms with van der Waals surface area (Å²) >= 11 is 1.17. The van der Waals surface area contributed by atoms with Crippen LogP contribution < -0.4 is 19.6 Å². The van der Waals surface area contributed by atoms with Gasteiger partial charge in [0.25, 0.3) is 11.2 Å². The lowest BCUT2D eigenvalue weighted by molar-refractivity contribution is -0.385. The summed E-state index contributed by atoms with van der Waals surface area (Å²) in [5.74, 6) is 0.903. The Morgan fingerprint density at radius 2 is 1.95 bits per heavy atom. The van der Waals surface area contributed by atoms with Gasteiger partial charge in [-0.05, 0) is 50.6 Å². The Morgan fingerprint density at radius 3 is 2.64 bits per heavy atom. The Balaban J connectivity index is 1.60. The van der Waals surface area contributed by atoms with Crippen LogP contribution in [0.1, 0.15) is 36.8 Å². The third-order valence-corrected chi connectivity index (χ3v) is 7.73. The fourth-order valence-electron chi connectivity index (χ4n) is 4.80. The number of rotatable bonds is 9. The van der Waals surface area contributed by atoms with Crippen molar-refractivity contribution in [3.05, 3.63) is 125 Å². The van der Waals surface area contributed by atoms with E-state index in [4.69, 9.17) is 13.9 Å². The molecular formula is C31H27N3O7S. The van der Waals surface area contributed by atoms with E-state index in [2.05, 4.69) is 11.6 Å². The summed E-state index contributed by atoms with van der Waals surface area (Å²) in [6, 6.07) is 14.6. The van der Waals surface area contributed by atoms with E-state index in [1.54, 1.807) is 81.5 Å². The number of fused-ring (bicyclic) bond motifs is 1. The zero-order valence-electron chi connectivity index (χ0n) is 23.2. The summed E-state index contributed by atoms with van der Waals surface area (Å²) in [5, 5.41) is 11.4. The van der Waals surface area contributed by atoms with Crippen molar-refractivity contribution in [1.82, 2.24) is 4.57 Å². The number of aromatic nitrogens is 1. The maximum Gasteiger partial charge on any atom is 0.338 e. The van der Waals surface area contributed by atoms with Crippen LogP contribution in [0.4, 0.5) is 5.69 Å². The molecule has 1 aliphatic rings. The van der Waals surface area contributed by atoms with Crippen LogP contribution in [-0.2, 0) is 9.53 Å². The third-order valence-electron chi connectivity index (χ3n) is 6.75. The van der Waals surface area contributed by atoms with Crippen LogP contribution in [0.2, 0.25) is 0 Å². The summed E-state index contributed by atoms with van der Waals surface area (Å²) in [4.78, 5) is 42.9. The number of ether oxygens (including phenoxy) is 2. The number of allylic oxidation sites excluding steroid dienone is 1. The van der Waals surface area contributed by atoms with Gasteiger partial charge >= 0.3 is 5.97 Å². The standard InChI is InChI=1S/C31H27N3O7S/c1-5-16-40-21-12-10-20(11-13-21)28-27(30(36)39-6-2)19(4)32-31-33(28)29(35)26(42-31)17-22-14-15-25(41-22)23-8-7-9-24(18(23)3)34(37)38/h5,7-15,17,28H,1,6,16H2,2-4H3/b26-17-/t28-/m0/s1. The van der Waals surface area contributed by atoms with Gasteiger partial charge in [0.05, 0.1) is 33.4 Å². The smallest absolute Gasteiger partial charge is 0.338 e. The molecule has 0 saturated carbocycles. The molecule has 5 rings (SSSR count). The van der Waals surface area contributed by atoms with Crippen molar-refractivity contribution in [1.29, 1.82) is 0 Å². The normalized spacial score (nSPS) is 14.7. The maximum absolute atomic E-state index is 13.8. The van der Waals surface area contributed by atoms with Gasteiger partial charge in [-0.25, -0.2) is 9.79 Å². The highest BCUT2D eigenvalue weighted by Gasteiger charge is 2.33. The predicted octanol–water partition coefficient (Wildman–Crippen LogP) is 4.84. The monoisotopic (exact) mass is 585 g/mol. The minimum Gasteiger partial charge on any atom is -0.490 e. The lowest BCUT2D eigenvalue weighted by atomic mass is 9.96. The molecule has 1 atom stereocenters. The summed E-state index contributed by atoms with van der Waals surface area (Å²) in [5.41, 5.74) is 2.12. The molecule has 0 fully saturated rings. The molecule has 42 heavy (non-hydrogen) atoms. The molecule has 0 aliphatic carbocycles. The van der Waals surface area contributed by atoms with Gasteiger partial charge < -0.3 is 13.9 Å². The van der Waals surface area contributed by atoms with Gasteiger partial charge in [0, 0.05) is 23.3 Å². The molecule has 11 heteroatoms. The van der Waals surface area contributed by atoms with Gasteiger partial charge in [-0.3, -0.25) is 19.5 Å². The molecule has 0 saturated heterocycles. The van der Waals surface area contributed by atoms with Crippen molar-refractivity contribution in [2.24, 2.45) is 4.99 Å². The predicted molar refractivity (Wildman–Crippen MR) is 158 cm³/mol. The molecule has 0 unspecified atom stereocenters. The number of nitro benzene ring substituents is 1. The van der Waals surface area contributed by atoms with Crippen LogP contribution in [0.25, 0.3) is 17.4 Å². The van der Waals surface area contributed by atoms with E-state index in [1.165, 1.54) is 22.0 Å². The number of hydrogen-bond donors (Lipinski definition) is 0. The first-order valence-corrected chi connectivity index (χ1v) is 13.9. The lowest BCUT2D eigenvalue weighted by Crippen LogP contribution is -2.39. The molecule has 4 aromatic rings. The number of hydrogen-bond acceptors (Lipinski definition) is 9. The first kappa shape index (κ1) is 28.5. The number of carbonyl (C=O) groups excluding carboxylic acids is 1. The van der Waals surface area contributed by atoms with Crippen molar-refractivity contribution >= 4 is 29.1 Å². The molecule has 0 amide bonds. The molecule has 3 heterocycles. The average Bonchev–Trinajstić information content (AvgIpc) is 3.55. The summed E-state index contributed by atoms with van der Waals surface area (Å²) in [6.45, 7) is 9.27. The van der Waals surface area contributed by atoms with Crippen LogP contribution in [0.5, 0.6) is 5.75 Å². The maximum atomic E-state index is 13.8. The first-order valence-electron chi connectivity index (χ1n) is 13.1. The van der Waals surface area contributed by atoms with Crippen molar-refractivity contribution in [3.8, 4) is 17.1 Å². The summed E-state index contributed by atoms with van der Waals surface area (Å²) in [7, 11) is 0. The molecule has 2 aromatic carbocycles. The zero-order valence-corrected chi connectivity index (χ0v) is 24.0. The number of esters is 1. The number of nitrogens with zero attached hydrogens (tertiary/aromatic N) is 3. The number of benzene rings is 2. The Morgan fingerprint density at radius 1 is 1.19 bits per heavy atom. The molecule has 0 N–H and O–H groups in total. The quantitative estimate of drug-likeness (QED) is 0.119. The first-order chi connectivity index (χ1) is 20.2. The molecule has 1 aliphatic heterocycles. The molecule has 2 aromatic heterocycles. The molecular weight excluding hydrogens is 558 g/mol. The number of furan rings is 1. The van der Waals surface area contributed by atoms with Gasteiger partial charge in [-0.2, -0.15) is 0 Å². The van der Waals surface area contributed by atoms with Gasteiger partial charge in [0.15, 0.2) is 4.80 Å². The molecule has 10 nitrogen and oxygen atoms in total. The summed E-state index contributed by atoms with van der Waals surface area (Å²) in [6.07, 6.45) is 3.25. The van der Waals surface area contributed by atoms with Gasteiger partial charge in [0.1, 0.15) is 23.9 Å². The number of carbonyl (C=O) groups is 1. The molecule has 0 spiro atoms. The SMILES string of the molecule is C=CCOc1ccc([C@H]2C(C(=O)OCC)=C(C)N=c3s/c(=C\c4ccc(-c5cccc([N+](=O)[O-])c5C)o4)c(=O)n32)cc1. The van der Waals surface area contributed by atoms with Crippen LogP contribution in [0.3, 0.4) is 0 Å². The Labute approximate surface area is 244 Å². The van der Waals surface area contributed by atoms with Crippen LogP contribution >= 0.6 is 11.3 Å². The van der Waals surface area contributed by atoms with Crippen LogP contribution in [-0.4, -0.2) is 28.7 Å². The minimum atomic E-state index is -0.768. The Kier molecular flexibility index (Phi) is 8.03. The Bertz CT molecular complexity index is 1910. The lowest BCUT2D eigenvalue weighted by Gasteiger charge is -2.24. The van der Waals surface area contributed by atoms with Crippen LogP contribution in [0.15, 0.2) is 92.7 Å². The highest BCUT2D eigenvalue weighted by atomic mass is 32.1. The van der Waals surface area contributed by atoms with Crippen molar-refractivity contribution in [2.75, 3.05) is 13.2 Å². The highest BCUT2D eigenvalue weighted by Crippen LogP contribution is 2.33. The molecule has 0 radical (unpaired) electrons. The van der Waals surface area contributed by atoms with E-state index in [9.17, 15) is 19.7 Å². The molecule has 214 valence electrons. The van der Waals surface area contributed by atoms with E-state index in [0.29, 0.717) is 55.6 Å². The minimum absolute atomic E-state index is 0.00756. The van der Waals surface area contributed by atoms with Gasteiger partial charge in [-0.15, -0.1) is 0 Å². The Hall–Kier alpha value is -5.03. The summed E-state index contributed by atoms with van der Waals surface area (Å²) < 4.78 is 18.8. The number of thiazole rings is 1. The zero-order chi connectivity index (χ0) is 30.0. The average molecular weight is 586 g/mol. The fraction of sp³-hybridized carbons (Fsp3) is 0.194. The van der Waals surface area contributed by atoms with Gasteiger partial charge in [0.2, 0.25) is 0 Å². The number of nitro groups is 1. The van der Waals surface area contributed by atoms with Crippen molar-refractivity contribution in [2.45, 2.75) is 26.8 Å². The second kappa shape index (κ2) is 11.8. The topological polar surface area (TPSA) is 126 Å². The largest absolute Gasteiger partial charge is 0.490 e. The molecule has 0 bridgehead atoms. The van der Waals surface area contributed by atoms with E-state index >= 15 is 0 Å². The highest BCUT2D eigenvalue weighted by molar-refractivity contribution is 7.07. The second-order valence-corrected chi connectivity index (χ2v) is 10.4. The second-order valence-electron chi connectivity index (χ2n) is 9.38. The van der Waals surface area contributed by atoms with E-state index in [0.717, 1.165) is 0 Å². The third kappa shape index (κ3) is 5.34. The van der Waals surface area contributed by atoms with Crippen molar-refractivity contribution < 1.29 is 23.6 Å². The van der Waals surface area contributed by atoms with Crippen molar-refractivity contribution in [3.63, 3.8) is 0 Å². The van der Waals surface area contributed by atoms with E-state index in [-0.39, 0.29) is 23.4 Å². The van der Waals surface area contributed by atoms with Crippen LogP contribution in [0, 0.1) is 17.0 Å². The van der Waals surface area contributed by atoms with E-state index in [1.807, 2.05) is 0 Å². The fourth-order valence-corrected chi connectivity index (χ4v) is 5.83. The van der Waals surface area contributed by atoms with Gasteiger partial charge in [-0.1, -0.05) is 48.3 Å².